The smallest absolute Gasteiger partial charge is 0.191 e. The number of hydrogen-bond acceptors (Lipinski definition) is 4. The molecule has 7 heteroatoms. The zero-order valence-electron chi connectivity index (χ0n) is 14.2. The molecule has 2 aromatic rings. The predicted octanol–water partition coefficient (Wildman–Crippen LogP) is 3.49. The highest BCUT2D eigenvalue weighted by molar-refractivity contribution is 7.11. The van der Waals surface area contributed by atoms with E-state index in [4.69, 9.17) is 16.3 Å². The molecule has 2 N–H and O–H groups in total. The summed E-state index contributed by atoms with van der Waals surface area (Å²) in [7, 11) is 1.75. The minimum absolute atomic E-state index is 0.00344. The van der Waals surface area contributed by atoms with Gasteiger partial charge >= 0.3 is 0 Å². The van der Waals surface area contributed by atoms with E-state index in [9.17, 15) is 0 Å². The highest BCUT2D eigenvalue weighted by Gasteiger charge is 2.07. The van der Waals surface area contributed by atoms with Crippen LogP contribution in [0.1, 0.15) is 23.7 Å². The summed E-state index contributed by atoms with van der Waals surface area (Å²) in [5, 5.41) is 8.28. The molecule has 0 aliphatic heterocycles. The molecule has 130 valence electrons. The van der Waals surface area contributed by atoms with Crippen LogP contribution in [0.2, 0.25) is 5.02 Å². The molecule has 0 bridgehead atoms. The van der Waals surface area contributed by atoms with E-state index < -0.39 is 0 Å². The highest BCUT2D eigenvalue weighted by atomic mass is 35.5. The van der Waals surface area contributed by atoms with Gasteiger partial charge in [-0.05, 0) is 37.6 Å². The van der Waals surface area contributed by atoms with Gasteiger partial charge in [0.1, 0.15) is 16.9 Å². The summed E-state index contributed by atoms with van der Waals surface area (Å²) in [6, 6.07) is 7.35. The molecule has 0 amide bonds. The van der Waals surface area contributed by atoms with Gasteiger partial charge in [-0.25, -0.2) is 4.98 Å². The lowest BCUT2D eigenvalue weighted by Gasteiger charge is -2.17. The molecule has 1 aromatic carbocycles. The van der Waals surface area contributed by atoms with Crippen molar-refractivity contribution in [2.75, 3.05) is 13.6 Å². The number of ether oxygens (including phenoxy) is 1. The van der Waals surface area contributed by atoms with Crippen LogP contribution < -0.4 is 15.4 Å². The minimum Gasteiger partial charge on any atom is -0.489 e. The second-order valence-electron chi connectivity index (χ2n) is 5.26. The molecule has 1 aromatic heterocycles. The van der Waals surface area contributed by atoms with E-state index >= 15 is 0 Å². The number of guanidine groups is 1. The number of thiazole rings is 1. The quantitative estimate of drug-likeness (QED) is 0.581. The Kier molecular flexibility index (Phi) is 7.34. The Labute approximate surface area is 152 Å². The van der Waals surface area contributed by atoms with Gasteiger partial charge in [-0.3, -0.25) is 4.99 Å². The Morgan fingerprint density at radius 3 is 2.71 bits per heavy atom. The highest BCUT2D eigenvalue weighted by Crippen LogP contribution is 2.16. The van der Waals surface area contributed by atoms with Crippen LogP contribution in [0.5, 0.6) is 5.75 Å². The normalized spacial score (nSPS) is 12.8. The largest absolute Gasteiger partial charge is 0.489 e. The Morgan fingerprint density at radius 2 is 2.08 bits per heavy atom. The van der Waals surface area contributed by atoms with E-state index in [1.807, 2.05) is 37.4 Å². The van der Waals surface area contributed by atoms with Crippen LogP contribution in [0.4, 0.5) is 0 Å². The Bertz CT molecular complexity index is 657. The maximum absolute atomic E-state index is 5.87. The molecule has 0 saturated carbocycles. The van der Waals surface area contributed by atoms with Crippen LogP contribution in [0.25, 0.3) is 0 Å². The second-order valence-corrected chi connectivity index (χ2v) is 6.90. The molecule has 0 saturated heterocycles. The summed E-state index contributed by atoms with van der Waals surface area (Å²) in [4.78, 5) is 9.90. The van der Waals surface area contributed by atoms with Crippen molar-refractivity contribution in [3.05, 3.63) is 45.4 Å². The molecule has 1 atom stereocenters. The summed E-state index contributed by atoms with van der Waals surface area (Å²) >= 11 is 7.59. The topological polar surface area (TPSA) is 58.5 Å². The SMILES string of the molecule is CCc1cnc(CNC(=NC)NCC(C)Oc2ccc(Cl)cc2)s1. The molecule has 1 heterocycles. The second kappa shape index (κ2) is 9.49. The summed E-state index contributed by atoms with van der Waals surface area (Å²) in [6.45, 7) is 5.44. The third-order valence-electron chi connectivity index (χ3n) is 3.29. The Balaban J connectivity index is 1.75. The van der Waals surface area contributed by atoms with Gasteiger partial charge in [0.2, 0.25) is 0 Å². The van der Waals surface area contributed by atoms with Gasteiger partial charge in [-0.15, -0.1) is 11.3 Å². The van der Waals surface area contributed by atoms with Crippen molar-refractivity contribution in [3.63, 3.8) is 0 Å². The van der Waals surface area contributed by atoms with Gasteiger partial charge in [-0.2, -0.15) is 0 Å². The number of nitrogens with one attached hydrogen (secondary N) is 2. The molecule has 0 aliphatic rings. The van der Waals surface area contributed by atoms with Crippen LogP contribution in [0, 0.1) is 0 Å². The predicted molar refractivity (Wildman–Crippen MR) is 101 cm³/mol. The first-order valence-corrected chi connectivity index (χ1v) is 9.10. The average Bonchev–Trinajstić information content (AvgIpc) is 3.05. The number of aryl methyl sites for hydroxylation is 1. The van der Waals surface area contributed by atoms with Gasteiger partial charge in [0.15, 0.2) is 5.96 Å². The van der Waals surface area contributed by atoms with Gasteiger partial charge in [0.05, 0.1) is 13.1 Å². The standard InChI is InChI=1S/C17H23ClN4OS/c1-4-15-10-20-16(24-15)11-22-17(19-3)21-9-12(2)23-14-7-5-13(18)6-8-14/h5-8,10,12H,4,9,11H2,1-3H3,(H2,19,21,22). The fourth-order valence-corrected chi connectivity index (χ4v) is 2.93. The van der Waals surface area contributed by atoms with Crippen molar-refractivity contribution < 1.29 is 4.74 Å². The van der Waals surface area contributed by atoms with Crippen LogP contribution >= 0.6 is 22.9 Å². The number of rotatable bonds is 7. The minimum atomic E-state index is -0.00344. The molecule has 0 radical (unpaired) electrons. The molecule has 0 aliphatic carbocycles. The number of aromatic nitrogens is 1. The van der Waals surface area contributed by atoms with Crippen molar-refractivity contribution >= 4 is 28.9 Å². The first-order chi connectivity index (χ1) is 11.6. The fourth-order valence-electron chi connectivity index (χ4n) is 2.00. The zero-order chi connectivity index (χ0) is 17.4. The first kappa shape index (κ1) is 18.5. The van der Waals surface area contributed by atoms with E-state index in [1.54, 1.807) is 18.4 Å². The van der Waals surface area contributed by atoms with Crippen LogP contribution in [0.3, 0.4) is 0 Å². The molecular weight excluding hydrogens is 344 g/mol. The average molecular weight is 367 g/mol. The lowest BCUT2D eigenvalue weighted by Crippen LogP contribution is -2.41. The van der Waals surface area contributed by atoms with E-state index in [0.29, 0.717) is 18.1 Å². The maximum Gasteiger partial charge on any atom is 0.191 e. The number of aliphatic imine (C=N–C) groups is 1. The molecule has 5 nitrogen and oxygen atoms in total. The number of benzene rings is 1. The van der Waals surface area contributed by atoms with Crippen molar-refractivity contribution in [3.8, 4) is 5.75 Å². The molecule has 24 heavy (non-hydrogen) atoms. The summed E-state index contributed by atoms with van der Waals surface area (Å²) in [6.07, 6.45) is 2.95. The van der Waals surface area contributed by atoms with Gasteiger partial charge < -0.3 is 15.4 Å². The number of nitrogens with zero attached hydrogens (tertiary/aromatic N) is 2. The van der Waals surface area contributed by atoms with Crippen molar-refractivity contribution in [2.45, 2.75) is 32.9 Å². The zero-order valence-corrected chi connectivity index (χ0v) is 15.7. The van der Waals surface area contributed by atoms with Gasteiger partial charge in [-0.1, -0.05) is 18.5 Å². The maximum atomic E-state index is 5.87. The molecule has 0 spiro atoms. The van der Waals surface area contributed by atoms with Crippen molar-refractivity contribution in [1.29, 1.82) is 0 Å². The number of halogens is 1. The van der Waals surface area contributed by atoms with E-state index in [0.717, 1.165) is 23.1 Å². The van der Waals surface area contributed by atoms with Crippen molar-refractivity contribution in [1.82, 2.24) is 15.6 Å². The molecular formula is C17H23ClN4OS. The van der Waals surface area contributed by atoms with Gasteiger partial charge in [0, 0.05) is 23.1 Å². The molecule has 2 rings (SSSR count). The van der Waals surface area contributed by atoms with Crippen LogP contribution in [-0.4, -0.2) is 30.6 Å². The monoisotopic (exact) mass is 366 g/mol. The van der Waals surface area contributed by atoms with E-state index in [1.165, 1.54) is 4.88 Å². The van der Waals surface area contributed by atoms with Crippen LogP contribution in [0.15, 0.2) is 35.5 Å². The first-order valence-electron chi connectivity index (χ1n) is 7.91. The Morgan fingerprint density at radius 1 is 1.33 bits per heavy atom. The fraction of sp³-hybridized carbons (Fsp3) is 0.412. The van der Waals surface area contributed by atoms with Crippen LogP contribution in [-0.2, 0) is 13.0 Å². The third kappa shape index (κ3) is 6.02. The molecule has 1 unspecified atom stereocenters. The third-order valence-corrected chi connectivity index (χ3v) is 4.68. The lowest BCUT2D eigenvalue weighted by atomic mass is 10.3. The summed E-state index contributed by atoms with van der Waals surface area (Å²) < 4.78 is 5.83. The van der Waals surface area contributed by atoms with E-state index in [2.05, 4.69) is 27.5 Å². The number of hydrogen-bond donors (Lipinski definition) is 2. The molecule has 0 fully saturated rings. The Hall–Kier alpha value is -1.79. The lowest BCUT2D eigenvalue weighted by molar-refractivity contribution is 0.224. The van der Waals surface area contributed by atoms with Gasteiger partial charge in [0.25, 0.3) is 0 Å². The summed E-state index contributed by atoms with van der Waals surface area (Å²) in [5.41, 5.74) is 0. The van der Waals surface area contributed by atoms with Crippen molar-refractivity contribution in [2.24, 2.45) is 4.99 Å². The summed E-state index contributed by atoms with van der Waals surface area (Å²) in [5.74, 6) is 1.53. The van der Waals surface area contributed by atoms with E-state index in [-0.39, 0.29) is 6.10 Å².